The number of thioether (sulfide) groups is 1. The van der Waals surface area contributed by atoms with E-state index >= 15 is 0 Å². The lowest BCUT2D eigenvalue weighted by molar-refractivity contribution is -0.142. The summed E-state index contributed by atoms with van der Waals surface area (Å²) in [5.74, 6) is -3.72. The standard InChI is InChI=1S/C18H32N4O7S/c1-10(2)8-13(18(28)29)21-14(23)9-20-17(27)12(4-5-15(24)25)22-16(26)11(19)6-7-30-3/h10-13H,4-9,19H2,1-3H3,(H,20,27)(H,21,23)(H,22,26)(H,24,25)(H,28,29). The van der Waals surface area contributed by atoms with E-state index in [-0.39, 0.29) is 25.2 Å². The number of hydrogen-bond acceptors (Lipinski definition) is 7. The first-order chi connectivity index (χ1) is 14.0. The smallest absolute Gasteiger partial charge is 0.326 e. The van der Waals surface area contributed by atoms with Crippen LogP contribution in [-0.2, 0) is 24.0 Å². The second kappa shape index (κ2) is 14.6. The largest absolute Gasteiger partial charge is 0.481 e. The molecule has 0 rings (SSSR count). The fraction of sp³-hybridized carbons (Fsp3) is 0.722. The maximum Gasteiger partial charge on any atom is 0.326 e. The first-order valence-electron chi connectivity index (χ1n) is 9.54. The van der Waals surface area contributed by atoms with Gasteiger partial charge in [-0.3, -0.25) is 19.2 Å². The number of hydrogen-bond donors (Lipinski definition) is 6. The average Bonchev–Trinajstić information content (AvgIpc) is 2.65. The molecule has 12 heteroatoms. The Morgan fingerprint density at radius 2 is 1.60 bits per heavy atom. The summed E-state index contributed by atoms with van der Waals surface area (Å²) in [6, 6.07) is -3.13. The number of aliphatic carboxylic acids is 2. The summed E-state index contributed by atoms with van der Waals surface area (Å²) in [5, 5.41) is 25.0. The summed E-state index contributed by atoms with van der Waals surface area (Å²) >= 11 is 1.51. The Hall–Kier alpha value is -2.34. The Morgan fingerprint density at radius 3 is 2.10 bits per heavy atom. The first-order valence-corrected chi connectivity index (χ1v) is 10.9. The molecule has 11 nitrogen and oxygen atoms in total. The van der Waals surface area contributed by atoms with Crippen LogP contribution in [0.4, 0.5) is 0 Å². The van der Waals surface area contributed by atoms with E-state index in [1.165, 1.54) is 11.8 Å². The summed E-state index contributed by atoms with van der Waals surface area (Å²) in [5.41, 5.74) is 5.76. The van der Waals surface area contributed by atoms with Crippen LogP contribution in [-0.4, -0.2) is 76.6 Å². The van der Waals surface area contributed by atoms with Crippen molar-refractivity contribution >= 4 is 41.4 Å². The molecule has 0 bridgehead atoms. The number of amides is 3. The van der Waals surface area contributed by atoms with Crippen LogP contribution in [0.25, 0.3) is 0 Å². The normalized spacial score (nSPS) is 13.8. The Bertz CT molecular complexity index is 615. The van der Waals surface area contributed by atoms with Crippen molar-refractivity contribution in [3.8, 4) is 0 Å². The van der Waals surface area contributed by atoms with Crippen molar-refractivity contribution in [3.63, 3.8) is 0 Å². The van der Waals surface area contributed by atoms with Crippen LogP contribution < -0.4 is 21.7 Å². The van der Waals surface area contributed by atoms with Crippen molar-refractivity contribution in [2.75, 3.05) is 18.6 Å². The molecule has 0 aromatic rings. The van der Waals surface area contributed by atoms with Gasteiger partial charge >= 0.3 is 11.9 Å². The van der Waals surface area contributed by atoms with Gasteiger partial charge in [-0.05, 0) is 37.2 Å². The van der Waals surface area contributed by atoms with Crippen molar-refractivity contribution in [3.05, 3.63) is 0 Å². The Labute approximate surface area is 179 Å². The van der Waals surface area contributed by atoms with E-state index in [1.807, 2.05) is 20.1 Å². The molecule has 0 fully saturated rings. The minimum absolute atomic E-state index is 0.0342. The molecule has 3 unspecified atom stereocenters. The number of carbonyl (C=O) groups is 5. The van der Waals surface area contributed by atoms with Crippen LogP contribution in [0.1, 0.15) is 39.5 Å². The van der Waals surface area contributed by atoms with E-state index in [2.05, 4.69) is 16.0 Å². The average molecular weight is 449 g/mol. The van der Waals surface area contributed by atoms with Gasteiger partial charge in [0.15, 0.2) is 0 Å². The Kier molecular flexibility index (Phi) is 13.5. The van der Waals surface area contributed by atoms with Gasteiger partial charge in [0, 0.05) is 6.42 Å². The summed E-state index contributed by atoms with van der Waals surface area (Å²) < 4.78 is 0. The highest BCUT2D eigenvalue weighted by Gasteiger charge is 2.26. The number of carbonyl (C=O) groups excluding carboxylic acids is 3. The molecule has 0 aliphatic rings. The molecule has 3 atom stereocenters. The predicted molar refractivity (Wildman–Crippen MR) is 112 cm³/mol. The molecule has 7 N–H and O–H groups in total. The van der Waals surface area contributed by atoms with Crippen LogP contribution in [0, 0.1) is 5.92 Å². The zero-order valence-electron chi connectivity index (χ0n) is 17.5. The van der Waals surface area contributed by atoms with Crippen molar-refractivity contribution < 1.29 is 34.2 Å². The van der Waals surface area contributed by atoms with E-state index in [9.17, 15) is 24.0 Å². The highest BCUT2D eigenvalue weighted by atomic mass is 32.2. The quantitative estimate of drug-likeness (QED) is 0.185. The van der Waals surface area contributed by atoms with Gasteiger partial charge in [0.1, 0.15) is 12.1 Å². The third-order valence-corrected chi connectivity index (χ3v) is 4.66. The summed E-state index contributed by atoms with van der Waals surface area (Å²) in [7, 11) is 0. The molecular formula is C18H32N4O7S. The van der Waals surface area contributed by atoms with Crippen molar-refractivity contribution in [1.29, 1.82) is 0 Å². The first kappa shape index (κ1) is 27.7. The second-order valence-corrected chi connectivity index (χ2v) is 8.17. The number of nitrogens with two attached hydrogens (primary N) is 1. The van der Waals surface area contributed by atoms with E-state index < -0.39 is 54.3 Å². The number of carboxylic acid groups (broad SMARTS) is 2. The lowest BCUT2D eigenvalue weighted by atomic mass is 10.0. The van der Waals surface area contributed by atoms with Gasteiger partial charge in [-0.1, -0.05) is 13.8 Å². The molecule has 0 heterocycles. The van der Waals surface area contributed by atoms with Gasteiger partial charge in [-0.15, -0.1) is 0 Å². The summed E-state index contributed by atoms with van der Waals surface area (Å²) in [4.78, 5) is 58.6. The SMILES string of the molecule is CSCCC(N)C(=O)NC(CCC(=O)O)C(=O)NCC(=O)NC(CC(C)C)C(=O)O. The van der Waals surface area contributed by atoms with Crippen LogP contribution in [0.15, 0.2) is 0 Å². The van der Waals surface area contributed by atoms with E-state index in [4.69, 9.17) is 15.9 Å². The monoisotopic (exact) mass is 448 g/mol. The van der Waals surface area contributed by atoms with Crippen LogP contribution >= 0.6 is 11.8 Å². The van der Waals surface area contributed by atoms with E-state index in [0.717, 1.165) is 0 Å². The van der Waals surface area contributed by atoms with Crippen molar-refractivity contribution in [2.45, 2.75) is 57.7 Å². The molecule has 0 radical (unpaired) electrons. The maximum absolute atomic E-state index is 12.4. The molecule has 0 aromatic carbocycles. The summed E-state index contributed by atoms with van der Waals surface area (Å²) in [6.45, 7) is 3.10. The molecular weight excluding hydrogens is 416 g/mol. The molecule has 30 heavy (non-hydrogen) atoms. The van der Waals surface area contributed by atoms with Gasteiger partial charge in [0.2, 0.25) is 17.7 Å². The zero-order valence-corrected chi connectivity index (χ0v) is 18.3. The number of nitrogens with one attached hydrogen (secondary N) is 3. The molecule has 172 valence electrons. The zero-order chi connectivity index (χ0) is 23.3. The lowest BCUT2D eigenvalue weighted by Crippen LogP contribution is -2.53. The molecule has 0 aliphatic heterocycles. The van der Waals surface area contributed by atoms with Crippen LogP contribution in [0.2, 0.25) is 0 Å². The minimum atomic E-state index is -1.19. The summed E-state index contributed by atoms with van der Waals surface area (Å²) in [6.07, 6.45) is 1.90. The number of carboxylic acids is 2. The third-order valence-electron chi connectivity index (χ3n) is 4.01. The highest BCUT2D eigenvalue weighted by Crippen LogP contribution is 2.05. The Morgan fingerprint density at radius 1 is 0.967 bits per heavy atom. The molecule has 0 saturated carbocycles. The van der Waals surface area contributed by atoms with Gasteiger partial charge < -0.3 is 31.9 Å². The van der Waals surface area contributed by atoms with Gasteiger partial charge in [-0.25, -0.2) is 4.79 Å². The lowest BCUT2D eigenvalue weighted by Gasteiger charge is -2.21. The fourth-order valence-electron chi connectivity index (χ4n) is 2.42. The molecule has 0 aromatic heterocycles. The third kappa shape index (κ3) is 12.3. The predicted octanol–water partition coefficient (Wildman–Crippen LogP) is -0.852. The highest BCUT2D eigenvalue weighted by molar-refractivity contribution is 7.98. The van der Waals surface area contributed by atoms with E-state index in [1.54, 1.807) is 0 Å². The molecule has 0 aliphatic carbocycles. The van der Waals surface area contributed by atoms with Crippen molar-refractivity contribution in [2.24, 2.45) is 11.7 Å². The number of rotatable bonds is 15. The molecule has 0 spiro atoms. The van der Waals surface area contributed by atoms with Crippen LogP contribution in [0.5, 0.6) is 0 Å². The fourth-order valence-corrected chi connectivity index (χ4v) is 2.91. The molecule has 3 amide bonds. The minimum Gasteiger partial charge on any atom is -0.481 e. The topological polar surface area (TPSA) is 188 Å². The molecule has 0 saturated heterocycles. The van der Waals surface area contributed by atoms with Gasteiger partial charge in [-0.2, -0.15) is 11.8 Å². The van der Waals surface area contributed by atoms with Gasteiger partial charge in [0.05, 0.1) is 12.6 Å². The van der Waals surface area contributed by atoms with E-state index in [0.29, 0.717) is 12.2 Å². The Balaban J connectivity index is 4.86. The van der Waals surface area contributed by atoms with Crippen molar-refractivity contribution in [1.82, 2.24) is 16.0 Å². The maximum atomic E-state index is 12.4. The second-order valence-electron chi connectivity index (χ2n) is 7.19. The van der Waals surface area contributed by atoms with Crippen LogP contribution in [0.3, 0.4) is 0 Å². The van der Waals surface area contributed by atoms with Gasteiger partial charge in [0.25, 0.3) is 0 Å².